The van der Waals surface area contributed by atoms with Gasteiger partial charge in [0.2, 0.25) is 15.9 Å². The number of amides is 1. The molecular formula is C19H22N2O4S. The first-order chi connectivity index (χ1) is 12.4. The van der Waals surface area contributed by atoms with Crippen LogP contribution in [0.5, 0.6) is 5.75 Å². The van der Waals surface area contributed by atoms with Crippen LogP contribution in [0.3, 0.4) is 0 Å². The molecule has 2 aromatic carbocycles. The lowest BCUT2D eigenvalue weighted by Gasteiger charge is -2.34. The Morgan fingerprint density at radius 3 is 2.50 bits per heavy atom. The molecule has 2 aromatic rings. The van der Waals surface area contributed by atoms with Crippen molar-refractivity contribution in [1.29, 1.82) is 0 Å². The summed E-state index contributed by atoms with van der Waals surface area (Å²) in [7, 11) is -2.11. The lowest BCUT2D eigenvalue weighted by Crippen LogP contribution is -2.52. The van der Waals surface area contributed by atoms with Gasteiger partial charge in [-0.1, -0.05) is 36.4 Å². The number of hydrogen-bond acceptors (Lipinski definition) is 4. The molecule has 1 N–H and O–H groups in total. The highest BCUT2D eigenvalue weighted by Crippen LogP contribution is 2.29. The van der Waals surface area contributed by atoms with E-state index in [9.17, 15) is 13.2 Å². The van der Waals surface area contributed by atoms with Crippen LogP contribution in [0.4, 0.5) is 0 Å². The molecule has 1 heterocycles. The van der Waals surface area contributed by atoms with Gasteiger partial charge in [0.1, 0.15) is 11.8 Å². The highest BCUT2D eigenvalue weighted by atomic mass is 32.2. The number of sulfonamides is 1. The summed E-state index contributed by atoms with van der Waals surface area (Å²) < 4.78 is 32.6. The first kappa shape index (κ1) is 18.4. The lowest BCUT2D eigenvalue weighted by atomic mass is 10.0. The fourth-order valence-corrected chi connectivity index (χ4v) is 4.89. The summed E-state index contributed by atoms with van der Waals surface area (Å²) in [6.07, 6.45) is 0. The Bertz CT molecular complexity index is 894. The fraction of sp³-hybridized carbons (Fsp3) is 0.316. The molecule has 1 fully saturated rings. The quantitative estimate of drug-likeness (QED) is 0.869. The van der Waals surface area contributed by atoms with Gasteiger partial charge in [-0.15, -0.1) is 0 Å². The molecule has 1 aliphatic heterocycles. The summed E-state index contributed by atoms with van der Waals surface area (Å²) >= 11 is 0. The zero-order valence-electron chi connectivity index (χ0n) is 14.8. The number of nitrogens with one attached hydrogen (secondary N) is 1. The van der Waals surface area contributed by atoms with E-state index >= 15 is 0 Å². The first-order valence-electron chi connectivity index (χ1n) is 8.38. The molecule has 138 valence electrons. The Morgan fingerprint density at radius 1 is 1.15 bits per heavy atom. The highest BCUT2D eigenvalue weighted by Gasteiger charge is 2.38. The third kappa shape index (κ3) is 3.73. The number of ether oxygens (including phenoxy) is 1. The molecular weight excluding hydrogens is 352 g/mol. The van der Waals surface area contributed by atoms with Crippen LogP contribution >= 0.6 is 0 Å². The van der Waals surface area contributed by atoms with Gasteiger partial charge in [0.15, 0.2) is 0 Å². The Hall–Kier alpha value is -2.38. The number of rotatable bonds is 5. The van der Waals surface area contributed by atoms with E-state index in [1.165, 1.54) is 4.31 Å². The molecule has 1 atom stereocenters. The van der Waals surface area contributed by atoms with Crippen molar-refractivity contribution in [2.45, 2.75) is 18.7 Å². The molecule has 1 unspecified atom stereocenters. The molecule has 1 saturated heterocycles. The smallest absolute Gasteiger partial charge is 0.243 e. The minimum atomic E-state index is -3.66. The second kappa shape index (κ2) is 7.47. The topological polar surface area (TPSA) is 75.7 Å². The SMILES string of the molecule is COc1ccc(C2C(=O)NCCN2S(=O)(=O)Cc2ccccc2C)cc1. The molecule has 0 saturated carbocycles. The predicted octanol–water partition coefficient (Wildman–Crippen LogP) is 2.01. The van der Waals surface area contributed by atoms with Crippen LogP contribution in [-0.4, -0.2) is 38.8 Å². The molecule has 3 rings (SSSR count). The third-order valence-corrected chi connectivity index (χ3v) is 6.34. The maximum absolute atomic E-state index is 13.1. The number of piperazine rings is 1. The Labute approximate surface area is 153 Å². The maximum atomic E-state index is 13.1. The molecule has 6 nitrogen and oxygen atoms in total. The van der Waals surface area contributed by atoms with Gasteiger partial charge in [-0.2, -0.15) is 4.31 Å². The van der Waals surface area contributed by atoms with Gasteiger partial charge in [0, 0.05) is 13.1 Å². The van der Waals surface area contributed by atoms with Crippen LogP contribution in [0.25, 0.3) is 0 Å². The lowest BCUT2D eigenvalue weighted by molar-refractivity contribution is -0.126. The van der Waals surface area contributed by atoms with Gasteiger partial charge >= 0.3 is 0 Å². The summed E-state index contributed by atoms with van der Waals surface area (Å²) in [4.78, 5) is 12.5. The van der Waals surface area contributed by atoms with Crippen molar-refractivity contribution in [1.82, 2.24) is 9.62 Å². The molecule has 0 radical (unpaired) electrons. The predicted molar refractivity (Wildman–Crippen MR) is 99.3 cm³/mol. The Kier molecular flexibility index (Phi) is 5.29. The van der Waals surface area contributed by atoms with Gasteiger partial charge in [0.25, 0.3) is 0 Å². The van der Waals surface area contributed by atoms with Crippen molar-refractivity contribution in [3.05, 3.63) is 65.2 Å². The van der Waals surface area contributed by atoms with E-state index in [0.29, 0.717) is 17.9 Å². The van der Waals surface area contributed by atoms with Crippen LogP contribution in [-0.2, 0) is 20.6 Å². The molecule has 0 aliphatic carbocycles. The number of carbonyl (C=O) groups excluding carboxylic acids is 1. The van der Waals surface area contributed by atoms with Crippen LogP contribution in [0.1, 0.15) is 22.7 Å². The average Bonchev–Trinajstić information content (AvgIpc) is 2.63. The number of carbonyl (C=O) groups is 1. The number of benzene rings is 2. The standard InChI is InChI=1S/C19H22N2O4S/c1-14-5-3-4-6-16(14)13-26(23,24)21-12-11-20-19(22)18(21)15-7-9-17(25-2)10-8-15/h3-10,18H,11-13H2,1-2H3,(H,20,22). The molecule has 26 heavy (non-hydrogen) atoms. The van der Waals surface area contributed by atoms with E-state index in [2.05, 4.69) is 5.32 Å². The van der Waals surface area contributed by atoms with E-state index < -0.39 is 16.1 Å². The number of aryl methyl sites for hydroxylation is 1. The van der Waals surface area contributed by atoms with Gasteiger partial charge in [-0.3, -0.25) is 4.79 Å². The monoisotopic (exact) mass is 374 g/mol. The summed E-state index contributed by atoms with van der Waals surface area (Å²) in [5, 5.41) is 2.76. The second-order valence-corrected chi connectivity index (χ2v) is 8.18. The van der Waals surface area contributed by atoms with Crippen molar-refractivity contribution >= 4 is 15.9 Å². The molecule has 0 aromatic heterocycles. The summed E-state index contributed by atoms with van der Waals surface area (Å²) in [6.45, 7) is 2.43. The third-order valence-electron chi connectivity index (χ3n) is 4.56. The summed E-state index contributed by atoms with van der Waals surface area (Å²) in [6, 6.07) is 13.4. The van der Waals surface area contributed by atoms with Crippen molar-refractivity contribution in [3.8, 4) is 5.75 Å². The van der Waals surface area contributed by atoms with Crippen molar-refractivity contribution in [2.75, 3.05) is 20.2 Å². The minimum Gasteiger partial charge on any atom is -0.497 e. The normalized spacial score (nSPS) is 18.4. The van der Waals surface area contributed by atoms with E-state index in [4.69, 9.17) is 4.74 Å². The van der Waals surface area contributed by atoms with Crippen LogP contribution < -0.4 is 10.1 Å². The molecule has 0 bridgehead atoms. The van der Waals surface area contributed by atoms with Crippen molar-refractivity contribution in [2.24, 2.45) is 0 Å². The fourth-order valence-electron chi connectivity index (χ4n) is 3.10. The van der Waals surface area contributed by atoms with Crippen LogP contribution in [0.15, 0.2) is 48.5 Å². The van der Waals surface area contributed by atoms with Crippen molar-refractivity contribution < 1.29 is 17.9 Å². The second-order valence-electron chi connectivity index (χ2n) is 6.26. The zero-order chi connectivity index (χ0) is 18.7. The molecule has 7 heteroatoms. The van der Waals surface area contributed by atoms with Crippen molar-refractivity contribution in [3.63, 3.8) is 0 Å². The zero-order valence-corrected chi connectivity index (χ0v) is 15.6. The van der Waals surface area contributed by atoms with E-state index in [-0.39, 0.29) is 18.2 Å². The van der Waals surface area contributed by atoms with Gasteiger partial charge in [-0.25, -0.2) is 8.42 Å². The average molecular weight is 374 g/mol. The van der Waals surface area contributed by atoms with E-state index in [0.717, 1.165) is 11.1 Å². The Morgan fingerprint density at radius 2 is 1.85 bits per heavy atom. The first-order valence-corrected chi connectivity index (χ1v) is 9.99. The maximum Gasteiger partial charge on any atom is 0.243 e. The molecule has 1 amide bonds. The van der Waals surface area contributed by atoms with Gasteiger partial charge in [-0.05, 0) is 35.7 Å². The van der Waals surface area contributed by atoms with E-state index in [1.54, 1.807) is 37.4 Å². The minimum absolute atomic E-state index is 0.125. The summed E-state index contributed by atoms with van der Waals surface area (Å²) in [5.74, 6) is 0.216. The molecule has 1 aliphatic rings. The van der Waals surface area contributed by atoms with Crippen LogP contribution in [0, 0.1) is 6.92 Å². The van der Waals surface area contributed by atoms with E-state index in [1.807, 2.05) is 25.1 Å². The Balaban J connectivity index is 1.94. The number of methoxy groups -OCH3 is 1. The van der Waals surface area contributed by atoms with Crippen LogP contribution in [0.2, 0.25) is 0 Å². The molecule has 0 spiro atoms. The number of nitrogens with zero attached hydrogens (tertiary/aromatic N) is 1. The summed E-state index contributed by atoms with van der Waals surface area (Å²) in [5.41, 5.74) is 2.28. The highest BCUT2D eigenvalue weighted by molar-refractivity contribution is 7.88. The largest absolute Gasteiger partial charge is 0.497 e. The number of hydrogen-bond donors (Lipinski definition) is 1. The van der Waals surface area contributed by atoms with Gasteiger partial charge in [0.05, 0.1) is 12.9 Å². The van der Waals surface area contributed by atoms with Gasteiger partial charge < -0.3 is 10.1 Å².